The second-order valence-electron chi connectivity index (χ2n) is 6.50. The summed E-state index contributed by atoms with van der Waals surface area (Å²) in [6, 6.07) is 7.30. The molecule has 188 valence electrons. The lowest BCUT2D eigenvalue weighted by atomic mass is 10.1. The van der Waals surface area contributed by atoms with E-state index < -0.39 is 30.4 Å². The number of rotatable bonds is 7. The Labute approximate surface area is 196 Å². The zero-order chi connectivity index (χ0) is 26.1. The molecule has 2 heterocycles. The highest BCUT2D eigenvalue weighted by Gasteiger charge is 2.32. The molecule has 0 aliphatic rings. The molecule has 35 heavy (non-hydrogen) atoms. The topological polar surface area (TPSA) is 89.0 Å². The highest BCUT2D eigenvalue weighted by atomic mass is 19.4. The predicted molar refractivity (Wildman–Crippen MR) is 116 cm³/mol. The van der Waals surface area contributed by atoms with E-state index in [9.17, 15) is 31.1 Å². The quantitative estimate of drug-likeness (QED) is 0.403. The molecule has 7 nitrogen and oxygen atoms in total. The third-order valence-corrected chi connectivity index (χ3v) is 4.07. The van der Waals surface area contributed by atoms with Crippen LogP contribution in [0.1, 0.15) is 35.5 Å². The van der Waals surface area contributed by atoms with Crippen LogP contribution in [0.3, 0.4) is 0 Å². The molecule has 2 aromatic heterocycles. The fourth-order valence-electron chi connectivity index (χ4n) is 2.64. The molecule has 1 aromatic carbocycles. The summed E-state index contributed by atoms with van der Waals surface area (Å²) >= 11 is 0. The van der Waals surface area contributed by atoms with Crippen molar-refractivity contribution in [2.24, 2.45) is 0 Å². The molecule has 0 bridgehead atoms. The van der Waals surface area contributed by atoms with Crippen molar-refractivity contribution in [3.05, 3.63) is 71.8 Å². The Hall–Kier alpha value is -3.90. The van der Waals surface area contributed by atoms with Crippen LogP contribution in [0.2, 0.25) is 0 Å². The number of carbonyl (C=O) groups excluding carboxylic acids is 1. The van der Waals surface area contributed by atoms with Crippen LogP contribution in [0.4, 0.5) is 38.0 Å². The summed E-state index contributed by atoms with van der Waals surface area (Å²) in [5.41, 5.74) is -1.19. The molecule has 0 atom stereocenters. The van der Waals surface area contributed by atoms with E-state index in [1.807, 2.05) is 13.8 Å². The SMILES string of the molecule is CC.O=C(Nc1cnccc1OCC(F)(F)F)c1ccnc(NCc2ccccc2C(F)(F)F)n1. The smallest absolute Gasteiger partial charge is 0.422 e. The Morgan fingerprint density at radius 3 is 2.40 bits per heavy atom. The number of alkyl halides is 6. The van der Waals surface area contributed by atoms with Crippen LogP contribution < -0.4 is 15.4 Å². The second-order valence-corrected chi connectivity index (χ2v) is 6.50. The summed E-state index contributed by atoms with van der Waals surface area (Å²) in [5, 5.41) is 4.95. The second kappa shape index (κ2) is 12.0. The number of amides is 1. The number of pyridine rings is 1. The van der Waals surface area contributed by atoms with Gasteiger partial charge in [-0.15, -0.1) is 0 Å². The van der Waals surface area contributed by atoms with Crippen LogP contribution in [0.5, 0.6) is 5.75 Å². The Balaban J connectivity index is 0.00000210. The van der Waals surface area contributed by atoms with Crippen molar-refractivity contribution < 1.29 is 35.9 Å². The van der Waals surface area contributed by atoms with Crippen molar-refractivity contribution in [1.29, 1.82) is 0 Å². The Morgan fingerprint density at radius 2 is 1.71 bits per heavy atom. The van der Waals surface area contributed by atoms with Crippen LogP contribution in [-0.4, -0.2) is 33.6 Å². The minimum Gasteiger partial charge on any atom is -0.482 e. The number of nitrogens with zero attached hydrogens (tertiary/aromatic N) is 3. The highest BCUT2D eigenvalue weighted by Crippen LogP contribution is 2.32. The lowest BCUT2D eigenvalue weighted by molar-refractivity contribution is -0.153. The summed E-state index contributed by atoms with van der Waals surface area (Å²) in [5.74, 6) is -1.20. The Bertz CT molecular complexity index is 1120. The van der Waals surface area contributed by atoms with Crippen molar-refractivity contribution in [3.8, 4) is 5.75 Å². The minimum atomic E-state index is -4.58. The van der Waals surface area contributed by atoms with Gasteiger partial charge < -0.3 is 15.4 Å². The van der Waals surface area contributed by atoms with Gasteiger partial charge in [0, 0.05) is 25.0 Å². The summed E-state index contributed by atoms with van der Waals surface area (Å²) in [7, 11) is 0. The molecule has 0 saturated carbocycles. The largest absolute Gasteiger partial charge is 0.482 e. The van der Waals surface area contributed by atoms with Gasteiger partial charge in [-0.25, -0.2) is 9.97 Å². The molecular formula is C22H21F6N5O2. The van der Waals surface area contributed by atoms with Crippen molar-refractivity contribution in [1.82, 2.24) is 15.0 Å². The van der Waals surface area contributed by atoms with Crippen LogP contribution >= 0.6 is 0 Å². The molecule has 3 rings (SSSR count). The number of anilines is 2. The number of benzene rings is 1. The van der Waals surface area contributed by atoms with Crippen LogP contribution in [-0.2, 0) is 12.7 Å². The third-order valence-electron chi connectivity index (χ3n) is 4.07. The Morgan fingerprint density at radius 1 is 1.00 bits per heavy atom. The number of carbonyl (C=O) groups is 1. The van der Waals surface area contributed by atoms with Gasteiger partial charge in [0.05, 0.1) is 11.8 Å². The van der Waals surface area contributed by atoms with Crippen molar-refractivity contribution >= 4 is 17.5 Å². The first-order valence-electron chi connectivity index (χ1n) is 10.2. The fraction of sp³-hybridized carbons (Fsp3) is 0.273. The van der Waals surface area contributed by atoms with Gasteiger partial charge >= 0.3 is 12.4 Å². The number of hydrogen-bond acceptors (Lipinski definition) is 6. The third kappa shape index (κ3) is 8.43. The normalized spacial score (nSPS) is 11.2. The molecule has 3 aromatic rings. The van der Waals surface area contributed by atoms with Crippen molar-refractivity contribution in [2.75, 3.05) is 17.2 Å². The van der Waals surface area contributed by atoms with Gasteiger partial charge in [0.15, 0.2) is 6.61 Å². The van der Waals surface area contributed by atoms with Gasteiger partial charge in [-0.3, -0.25) is 9.78 Å². The highest BCUT2D eigenvalue weighted by molar-refractivity contribution is 6.03. The molecular weight excluding hydrogens is 480 g/mol. The molecule has 0 aliphatic carbocycles. The van der Waals surface area contributed by atoms with Crippen LogP contribution in [0.25, 0.3) is 0 Å². The van der Waals surface area contributed by atoms with Gasteiger partial charge in [0.1, 0.15) is 17.1 Å². The van der Waals surface area contributed by atoms with E-state index in [0.717, 1.165) is 18.3 Å². The van der Waals surface area contributed by atoms with E-state index in [0.29, 0.717) is 0 Å². The maximum atomic E-state index is 13.1. The van der Waals surface area contributed by atoms with Crippen molar-refractivity contribution in [3.63, 3.8) is 0 Å². The summed E-state index contributed by atoms with van der Waals surface area (Å²) < 4.78 is 81.3. The molecule has 2 N–H and O–H groups in total. The van der Waals surface area contributed by atoms with Gasteiger partial charge in [-0.1, -0.05) is 32.0 Å². The van der Waals surface area contributed by atoms with E-state index in [1.54, 1.807) is 0 Å². The van der Waals surface area contributed by atoms with Gasteiger partial charge in [0.2, 0.25) is 5.95 Å². The van der Waals surface area contributed by atoms with E-state index >= 15 is 0 Å². The minimum absolute atomic E-state index is 0.0507. The van der Waals surface area contributed by atoms with Crippen molar-refractivity contribution in [2.45, 2.75) is 32.7 Å². The molecule has 0 aliphatic heterocycles. The first kappa shape index (κ1) is 27.3. The van der Waals surface area contributed by atoms with E-state index in [-0.39, 0.29) is 35.2 Å². The molecule has 0 unspecified atom stereocenters. The average Bonchev–Trinajstić information content (AvgIpc) is 2.83. The summed E-state index contributed by atoms with van der Waals surface area (Å²) in [6.45, 7) is 2.17. The lowest BCUT2D eigenvalue weighted by Gasteiger charge is -2.14. The fourth-order valence-corrected chi connectivity index (χ4v) is 2.64. The number of ether oxygens (including phenoxy) is 1. The predicted octanol–water partition coefficient (Wildman–Crippen LogP) is 5.72. The van der Waals surface area contributed by atoms with Crippen LogP contribution in [0.15, 0.2) is 55.0 Å². The molecule has 1 amide bonds. The zero-order valence-corrected chi connectivity index (χ0v) is 18.5. The first-order chi connectivity index (χ1) is 16.5. The summed E-state index contributed by atoms with van der Waals surface area (Å²) in [6.07, 6.45) is -5.64. The van der Waals surface area contributed by atoms with Crippen LogP contribution in [0, 0.1) is 0 Å². The maximum Gasteiger partial charge on any atom is 0.422 e. The molecule has 0 saturated heterocycles. The zero-order valence-electron chi connectivity index (χ0n) is 18.5. The monoisotopic (exact) mass is 501 g/mol. The van der Waals surface area contributed by atoms with E-state index in [1.165, 1.54) is 36.7 Å². The van der Waals surface area contributed by atoms with Gasteiger partial charge in [-0.05, 0) is 17.7 Å². The average molecular weight is 501 g/mol. The lowest BCUT2D eigenvalue weighted by Crippen LogP contribution is -2.21. The molecule has 0 fully saturated rings. The van der Waals surface area contributed by atoms with Gasteiger partial charge in [0.25, 0.3) is 5.91 Å². The number of aromatic nitrogens is 3. The molecule has 0 radical (unpaired) electrons. The van der Waals surface area contributed by atoms with E-state index in [2.05, 4.69) is 30.3 Å². The first-order valence-corrected chi connectivity index (χ1v) is 10.2. The van der Waals surface area contributed by atoms with E-state index in [4.69, 9.17) is 0 Å². The molecule has 0 spiro atoms. The number of nitrogens with one attached hydrogen (secondary N) is 2. The van der Waals surface area contributed by atoms with Gasteiger partial charge in [-0.2, -0.15) is 26.3 Å². The number of halogens is 6. The summed E-state index contributed by atoms with van der Waals surface area (Å²) in [4.78, 5) is 24.0. The molecule has 13 heteroatoms. The standard InChI is InChI=1S/C20H15F6N5O2.C2H6/c21-19(22,23)11-33-16-6-7-27-10-15(16)30-17(32)14-5-8-28-18(31-14)29-9-12-3-1-2-4-13(12)20(24,25)26;1-2/h1-8,10H,9,11H2,(H,30,32)(H,28,29,31);1-2H3. The number of hydrogen-bond donors (Lipinski definition) is 2. The Kier molecular flexibility index (Phi) is 9.37. The maximum absolute atomic E-state index is 13.1.